The highest BCUT2D eigenvalue weighted by atomic mass is 33.1. The van der Waals surface area contributed by atoms with E-state index in [1.54, 1.807) is 21.6 Å². The molecule has 0 bridgehead atoms. The Morgan fingerprint density at radius 2 is 2.20 bits per heavy atom. The molecule has 1 radical (unpaired) electrons. The molecule has 5 heavy (non-hydrogen) atoms. The van der Waals surface area contributed by atoms with Crippen molar-refractivity contribution in [3.63, 3.8) is 0 Å². The lowest BCUT2D eigenvalue weighted by molar-refractivity contribution is 2.10. The van der Waals surface area contributed by atoms with Crippen LogP contribution in [0.4, 0.5) is 0 Å². The van der Waals surface area contributed by atoms with E-state index in [9.17, 15) is 0 Å². The molecule has 0 saturated heterocycles. The van der Waals surface area contributed by atoms with Gasteiger partial charge in [0.05, 0.1) is 5.75 Å². The Hall–Kier alpha value is 0.440. The van der Waals surface area contributed by atoms with Crippen LogP contribution >= 0.6 is 21.6 Å². The van der Waals surface area contributed by atoms with Crippen LogP contribution in [0.3, 0.4) is 0 Å². The van der Waals surface area contributed by atoms with Gasteiger partial charge in [-0.2, -0.15) is 0 Å². The molecule has 0 saturated carbocycles. The zero-order valence-corrected chi connectivity index (χ0v) is 4.18. The van der Waals surface area contributed by atoms with Crippen LogP contribution in [0, 0.1) is 5.75 Å². The quantitative estimate of drug-likeness (QED) is 0.430. The molecule has 0 aromatic rings. The lowest BCUT2D eigenvalue weighted by atomic mass is 10.8. The summed E-state index contributed by atoms with van der Waals surface area (Å²) in [6.45, 7) is 0. The first-order valence-electron chi connectivity index (χ1n) is 1.30. The Kier molecular flexibility index (Phi) is 1.29. The molecule has 0 unspecified atom stereocenters. The van der Waals surface area contributed by atoms with E-state index in [4.69, 9.17) is 0 Å². The molecule has 1 heterocycles. The van der Waals surface area contributed by atoms with Gasteiger partial charge in [0.1, 0.15) is 0 Å². The Balaban J connectivity index is 2.32. The third kappa shape index (κ3) is 0.893. The van der Waals surface area contributed by atoms with Crippen LogP contribution < -0.4 is 0 Å². The molecule has 0 N–H and O–H groups in total. The van der Waals surface area contributed by atoms with E-state index in [0.717, 1.165) is 0 Å². The molecule has 1 aliphatic heterocycles. The fraction of sp³-hybridized carbons (Fsp3) is 0. The molecular formula is C3H3S2. The van der Waals surface area contributed by atoms with Crippen molar-refractivity contribution in [2.24, 2.45) is 0 Å². The minimum absolute atomic E-state index is 1.75. The molecule has 0 atom stereocenters. The molecule has 0 nitrogen and oxygen atoms in total. The van der Waals surface area contributed by atoms with Crippen LogP contribution in [0.1, 0.15) is 0 Å². The zero-order chi connectivity index (χ0) is 3.54. The van der Waals surface area contributed by atoms with Gasteiger partial charge in [-0.15, -0.1) is 0 Å². The van der Waals surface area contributed by atoms with Crippen molar-refractivity contribution in [1.82, 2.24) is 0 Å². The van der Waals surface area contributed by atoms with E-state index in [1.165, 1.54) is 0 Å². The van der Waals surface area contributed by atoms with Crippen LogP contribution in [0.25, 0.3) is 0 Å². The summed E-state index contributed by atoms with van der Waals surface area (Å²) in [5.41, 5.74) is 0. The largest absolute Gasteiger partial charge is 0.0804 e. The minimum Gasteiger partial charge on any atom is -0.0804 e. The summed E-state index contributed by atoms with van der Waals surface area (Å²) in [7, 11) is 3.51. The summed E-state index contributed by atoms with van der Waals surface area (Å²) >= 11 is 0. The summed E-state index contributed by atoms with van der Waals surface area (Å²) in [6.07, 6.45) is 2.04. The Bertz CT molecular complexity index is 42.9. The van der Waals surface area contributed by atoms with Crippen molar-refractivity contribution < 1.29 is 0 Å². The first-order valence-corrected chi connectivity index (χ1v) is 3.58. The third-order valence-electron chi connectivity index (χ3n) is 0.324. The van der Waals surface area contributed by atoms with Crippen LogP contribution in [0.15, 0.2) is 11.5 Å². The Morgan fingerprint density at radius 1 is 1.20 bits per heavy atom. The minimum atomic E-state index is 1.75. The predicted octanol–water partition coefficient (Wildman–Crippen LogP) is 2.06. The van der Waals surface area contributed by atoms with Crippen molar-refractivity contribution >= 4 is 21.6 Å². The molecule has 0 aromatic carbocycles. The monoisotopic (exact) mass is 103 g/mol. The summed E-state index contributed by atoms with van der Waals surface area (Å²) in [5.74, 6) is 2.06. The smallest absolute Gasteiger partial charge is 0.0505 e. The highest BCUT2D eigenvalue weighted by Crippen LogP contribution is 2.31. The van der Waals surface area contributed by atoms with Crippen LogP contribution in [-0.4, -0.2) is 0 Å². The maximum Gasteiger partial charge on any atom is 0.0505 e. The third-order valence-corrected chi connectivity index (χ3v) is 1.97. The summed E-state index contributed by atoms with van der Waals surface area (Å²) in [4.78, 5) is 0. The van der Waals surface area contributed by atoms with Crippen LogP contribution in [0.2, 0.25) is 0 Å². The molecule has 0 fully saturated rings. The maximum atomic E-state index is 2.06. The van der Waals surface area contributed by atoms with Gasteiger partial charge in [0.15, 0.2) is 0 Å². The second kappa shape index (κ2) is 1.78. The Morgan fingerprint density at radius 3 is 2.40 bits per heavy atom. The molecule has 1 rings (SSSR count). The van der Waals surface area contributed by atoms with Crippen LogP contribution in [0.5, 0.6) is 0 Å². The average Bonchev–Trinajstić information content (AvgIpc) is 1.76. The topological polar surface area (TPSA) is 0 Å². The highest BCUT2D eigenvalue weighted by Gasteiger charge is 1.86. The van der Waals surface area contributed by atoms with Gasteiger partial charge >= 0.3 is 0 Å². The van der Waals surface area contributed by atoms with Gasteiger partial charge in [-0.25, -0.2) is 0 Å². The van der Waals surface area contributed by atoms with E-state index in [2.05, 4.69) is 11.2 Å². The zero-order valence-electron chi connectivity index (χ0n) is 2.55. The molecule has 0 spiro atoms. The van der Waals surface area contributed by atoms with Gasteiger partial charge in [-0.05, 0) is 5.41 Å². The van der Waals surface area contributed by atoms with E-state index in [-0.39, 0.29) is 0 Å². The van der Waals surface area contributed by atoms with Gasteiger partial charge in [-0.3, -0.25) is 0 Å². The van der Waals surface area contributed by atoms with Gasteiger partial charge in [0.25, 0.3) is 0 Å². The maximum absolute atomic E-state index is 2.06. The lowest BCUT2D eigenvalue weighted by Gasteiger charge is -1.68. The molecule has 0 aliphatic carbocycles. The van der Waals surface area contributed by atoms with Crippen molar-refractivity contribution in [3.8, 4) is 0 Å². The summed E-state index contributed by atoms with van der Waals surface area (Å²) in [5, 5.41) is 2.06. The summed E-state index contributed by atoms with van der Waals surface area (Å²) in [6, 6.07) is 0. The molecular weight excluding hydrogens is 100 g/mol. The van der Waals surface area contributed by atoms with Crippen LogP contribution in [-0.2, 0) is 0 Å². The molecule has 2 heteroatoms. The first kappa shape index (κ1) is 3.62. The normalized spacial score (nSPS) is 20.8. The molecule has 1 aliphatic rings. The van der Waals surface area contributed by atoms with Gasteiger partial charge < -0.3 is 0 Å². The highest BCUT2D eigenvalue weighted by molar-refractivity contribution is 8.79. The van der Waals surface area contributed by atoms with E-state index in [0.29, 0.717) is 0 Å². The second-order valence-corrected chi connectivity index (χ2v) is 2.74. The van der Waals surface area contributed by atoms with Crippen molar-refractivity contribution in [1.29, 1.82) is 0 Å². The number of rotatable bonds is 0. The Labute approximate surface area is 39.4 Å². The summed E-state index contributed by atoms with van der Waals surface area (Å²) < 4.78 is 0. The number of hydrogen-bond acceptors (Lipinski definition) is 2. The fourth-order valence-corrected chi connectivity index (χ4v) is 1.44. The van der Waals surface area contributed by atoms with Gasteiger partial charge in [0, 0.05) is 0 Å². The van der Waals surface area contributed by atoms with E-state index in [1.807, 2.05) is 6.08 Å². The SMILES string of the molecule is [CH]1C=CSS1. The predicted molar refractivity (Wildman–Crippen MR) is 28.6 cm³/mol. The molecule has 0 aromatic heterocycles. The van der Waals surface area contributed by atoms with Gasteiger partial charge in [0.2, 0.25) is 0 Å². The van der Waals surface area contributed by atoms with E-state index >= 15 is 0 Å². The second-order valence-electron chi connectivity index (χ2n) is 0.657. The molecule has 27 valence electrons. The standard InChI is InChI=1S/C3H3S2/c1-2-4-5-3-1/h1-3H. The van der Waals surface area contributed by atoms with Crippen molar-refractivity contribution in [2.75, 3.05) is 0 Å². The first-order chi connectivity index (χ1) is 2.50. The number of hydrogen-bond donors (Lipinski definition) is 0. The van der Waals surface area contributed by atoms with Gasteiger partial charge in [-0.1, -0.05) is 27.7 Å². The average molecular weight is 103 g/mol. The lowest BCUT2D eigenvalue weighted by Crippen LogP contribution is -1.32. The van der Waals surface area contributed by atoms with Crippen molar-refractivity contribution in [2.45, 2.75) is 0 Å². The van der Waals surface area contributed by atoms with E-state index < -0.39 is 0 Å². The fourth-order valence-electron chi connectivity index (χ4n) is 0.160. The molecule has 0 amide bonds. The van der Waals surface area contributed by atoms with Crippen molar-refractivity contribution in [3.05, 3.63) is 17.2 Å².